The monoisotopic (exact) mass is 339 g/mol. The first-order valence-corrected chi connectivity index (χ1v) is 8.70. The highest BCUT2D eigenvalue weighted by molar-refractivity contribution is 7.99. The van der Waals surface area contributed by atoms with Gasteiger partial charge in [-0.2, -0.15) is 0 Å². The van der Waals surface area contributed by atoms with E-state index in [0.717, 1.165) is 37.4 Å². The van der Waals surface area contributed by atoms with Gasteiger partial charge in [0.1, 0.15) is 6.67 Å². The maximum Gasteiger partial charge on any atom is 0.101 e. The Bertz CT molecular complexity index is 517. The van der Waals surface area contributed by atoms with Crippen molar-refractivity contribution in [3.05, 3.63) is 40.3 Å². The molecule has 126 valence electrons. The van der Waals surface area contributed by atoms with Crippen LogP contribution in [0.25, 0.3) is 10.4 Å². The lowest BCUT2D eigenvalue weighted by Gasteiger charge is -2.22. The molecule has 2 rings (SSSR count). The Hall–Kier alpha value is -1.27. The fourth-order valence-corrected chi connectivity index (χ4v) is 3.72. The maximum absolute atomic E-state index is 13.0. The summed E-state index contributed by atoms with van der Waals surface area (Å²) in [6, 6.07) is 7.00. The minimum atomic E-state index is -0.842. The largest absolute Gasteiger partial charge is 0.381 e. The fourth-order valence-electron chi connectivity index (χ4n) is 2.63. The van der Waals surface area contributed by atoms with Crippen molar-refractivity contribution in [3.63, 3.8) is 0 Å². The lowest BCUT2D eigenvalue weighted by molar-refractivity contribution is 0.0721. The first kappa shape index (κ1) is 18.1. The second-order valence-electron chi connectivity index (χ2n) is 5.52. The molecule has 5 nitrogen and oxygen atoms in total. The number of rotatable bonds is 8. The molecule has 7 heteroatoms. The average molecular weight is 339 g/mol. The van der Waals surface area contributed by atoms with Gasteiger partial charge < -0.3 is 9.47 Å². The van der Waals surface area contributed by atoms with Gasteiger partial charge in [-0.1, -0.05) is 17.2 Å². The van der Waals surface area contributed by atoms with E-state index in [1.165, 1.54) is 12.0 Å². The summed E-state index contributed by atoms with van der Waals surface area (Å²) in [5.41, 5.74) is 9.34. The van der Waals surface area contributed by atoms with E-state index in [1.54, 1.807) is 0 Å². The van der Waals surface area contributed by atoms with Crippen molar-refractivity contribution in [3.8, 4) is 0 Å². The Morgan fingerprint density at radius 1 is 1.39 bits per heavy atom. The molecule has 0 amide bonds. The predicted octanol–water partition coefficient (Wildman–Crippen LogP) is 4.54. The summed E-state index contributed by atoms with van der Waals surface area (Å²) in [7, 11) is 1.49. The third-order valence-electron chi connectivity index (χ3n) is 4.00. The molecule has 1 heterocycles. The summed E-state index contributed by atoms with van der Waals surface area (Å²) < 4.78 is 23.7. The van der Waals surface area contributed by atoms with Gasteiger partial charge in [-0.15, -0.1) is 11.8 Å². The number of alkyl halides is 1. The molecule has 0 saturated carbocycles. The average Bonchev–Trinajstić information content (AvgIpc) is 2.61. The number of azide groups is 1. The van der Waals surface area contributed by atoms with Crippen LogP contribution in [0.4, 0.5) is 4.39 Å². The van der Waals surface area contributed by atoms with Crippen molar-refractivity contribution in [2.75, 3.05) is 32.8 Å². The molecule has 0 aliphatic carbocycles. The van der Waals surface area contributed by atoms with Crippen molar-refractivity contribution in [1.82, 2.24) is 0 Å². The molecule has 1 aliphatic rings. The first-order chi connectivity index (χ1) is 11.3. The van der Waals surface area contributed by atoms with Crippen LogP contribution < -0.4 is 0 Å². The summed E-state index contributed by atoms with van der Waals surface area (Å²) >= 11 is 1.83. The highest BCUT2D eigenvalue weighted by Crippen LogP contribution is 2.29. The Balaban J connectivity index is 1.95. The normalized spacial score (nSPS) is 18.2. The number of thioether (sulfide) groups is 1. The summed E-state index contributed by atoms with van der Waals surface area (Å²) in [5, 5.41) is 3.47. The Labute approximate surface area is 140 Å². The van der Waals surface area contributed by atoms with Gasteiger partial charge in [-0.05, 0) is 42.0 Å². The van der Waals surface area contributed by atoms with Crippen LogP contribution in [0.15, 0.2) is 34.3 Å². The van der Waals surface area contributed by atoms with Gasteiger partial charge in [0, 0.05) is 35.9 Å². The third-order valence-corrected chi connectivity index (χ3v) is 5.24. The molecule has 0 N–H and O–H groups in total. The smallest absolute Gasteiger partial charge is 0.101 e. The summed E-state index contributed by atoms with van der Waals surface area (Å²) in [6.07, 6.45) is 1.69. The number of ether oxygens (including phenoxy) is 2. The predicted molar refractivity (Wildman–Crippen MR) is 89.4 cm³/mol. The number of benzene rings is 1. The molecular formula is C16H22FN3O2S. The molecule has 0 aromatic heterocycles. The minimum Gasteiger partial charge on any atom is -0.381 e. The summed E-state index contributed by atoms with van der Waals surface area (Å²) in [6.45, 7) is 0.982. The van der Waals surface area contributed by atoms with E-state index in [9.17, 15) is 4.39 Å². The molecule has 1 aromatic rings. The number of hydrogen-bond donors (Lipinski definition) is 0. The number of methoxy groups -OCH3 is 1. The second kappa shape index (κ2) is 9.78. The first-order valence-electron chi connectivity index (χ1n) is 7.72. The van der Waals surface area contributed by atoms with E-state index >= 15 is 0 Å². The van der Waals surface area contributed by atoms with Crippen molar-refractivity contribution >= 4 is 11.8 Å². The quantitative estimate of drug-likeness (QED) is 0.302. The van der Waals surface area contributed by atoms with E-state index in [4.69, 9.17) is 15.0 Å². The minimum absolute atomic E-state index is 0.564. The molecular weight excluding hydrogens is 317 g/mol. The molecule has 0 bridgehead atoms. The molecule has 1 saturated heterocycles. The maximum atomic E-state index is 13.0. The number of hydrogen-bond acceptors (Lipinski definition) is 4. The molecule has 2 atom stereocenters. The van der Waals surface area contributed by atoms with Crippen LogP contribution in [0.1, 0.15) is 24.5 Å². The fraction of sp³-hybridized carbons (Fsp3) is 0.625. The Kier molecular flexibility index (Phi) is 7.68. The van der Waals surface area contributed by atoms with Crippen LogP contribution in [0, 0.1) is 5.92 Å². The van der Waals surface area contributed by atoms with E-state index in [1.807, 2.05) is 36.0 Å². The van der Waals surface area contributed by atoms with Crippen molar-refractivity contribution < 1.29 is 13.9 Å². The molecule has 1 aliphatic heterocycles. The molecule has 0 radical (unpaired) electrons. The van der Waals surface area contributed by atoms with E-state index in [2.05, 4.69) is 10.0 Å². The van der Waals surface area contributed by atoms with E-state index < -0.39 is 18.8 Å². The van der Waals surface area contributed by atoms with Gasteiger partial charge >= 0.3 is 0 Å². The zero-order valence-corrected chi connectivity index (χ0v) is 14.0. The topological polar surface area (TPSA) is 67.2 Å². The summed E-state index contributed by atoms with van der Waals surface area (Å²) in [4.78, 5) is 3.87. The Morgan fingerprint density at radius 3 is 2.65 bits per heavy atom. The van der Waals surface area contributed by atoms with Crippen molar-refractivity contribution in [2.24, 2.45) is 11.0 Å². The molecule has 23 heavy (non-hydrogen) atoms. The number of halogens is 1. The third kappa shape index (κ3) is 5.39. The summed E-state index contributed by atoms with van der Waals surface area (Å²) in [5.74, 6) is 1.79. The van der Waals surface area contributed by atoms with Crippen LogP contribution in [0.3, 0.4) is 0 Å². The lowest BCUT2D eigenvalue weighted by Crippen LogP contribution is -2.20. The zero-order valence-electron chi connectivity index (χ0n) is 13.2. The highest BCUT2D eigenvalue weighted by Gasteiger charge is 2.22. The molecule has 0 unspecified atom stereocenters. The standard InChI is InChI=1S/C16H22FN3O2S/c1-21-16(15(10-17)19-20-18)13-2-4-14(5-3-13)23-11-12-6-8-22-9-7-12/h2-5,12,15-16H,6-11H2,1H3/t15-,16-/m1/s1. The van der Waals surface area contributed by atoms with Crippen LogP contribution >= 0.6 is 11.8 Å². The van der Waals surface area contributed by atoms with Gasteiger partial charge in [0.25, 0.3) is 0 Å². The van der Waals surface area contributed by atoms with Gasteiger partial charge in [0.05, 0.1) is 12.1 Å². The molecule has 1 fully saturated rings. The van der Waals surface area contributed by atoms with E-state index in [0.29, 0.717) is 5.92 Å². The second-order valence-corrected chi connectivity index (χ2v) is 6.61. The van der Waals surface area contributed by atoms with Gasteiger partial charge in [-0.25, -0.2) is 0 Å². The molecule has 1 aromatic carbocycles. The highest BCUT2D eigenvalue weighted by atomic mass is 32.2. The zero-order chi connectivity index (χ0) is 16.5. The Morgan fingerprint density at radius 2 is 2.09 bits per heavy atom. The van der Waals surface area contributed by atoms with Crippen LogP contribution in [0.2, 0.25) is 0 Å². The van der Waals surface area contributed by atoms with Gasteiger partial charge in [0.15, 0.2) is 0 Å². The van der Waals surface area contributed by atoms with E-state index in [-0.39, 0.29) is 0 Å². The van der Waals surface area contributed by atoms with Gasteiger partial charge in [-0.3, -0.25) is 4.39 Å². The van der Waals surface area contributed by atoms with Crippen LogP contribution in [-0.4, -0.2) is 38.8 Å². The van der Waals surface area contributed by atoms with Crippen LogP contribution in [0.5, 0.6) is 0 Å². The SMILES string of the molecule is CO[C@H](c1ccc(SCC2CCOCC2)cc1)[C@@H](CF)N=[N+]=[N-]. The van der Waals surface area contributed by atoms with Gasteiger partial charge in [0.2, 0.25) is 0 Å². The number of nitrogens with zero attached hydrogens (tertiary/aromatic N) is 3. The molecule has 0 spiro atoms. The van der Waals surface area contributed by atoms with Crippen molar-refractivity contribution in [1.29, 1.82) is 0 Å². The lowest BCUT2D eigenvalue weighted by atomic mass is 10.0. The van der Waals surface area contributed by atoms with Crippen LogP contribution in [-0.2, 0) is 9.47 Å². The van der Waals surface area contributed by atoms with Crippen molar-refractivity contribution in [2.45, 2.75) is 29.9 Å².